The van der Waals surface area contributed by atoms with Crippen LogP contribution in [0.15, 0.2) is 12.1 Å². The average Bonchev–Trinajstić information content (AvgIpc) is 2.27. The second-order valence-electron chi connectivity index (χ2n) is 3.62. The molecule has 0 aliphatic rings. The topological polar surface area (TPSA) is 69.6 Å². The molecule has 1 aromatic carbocycles. The van der Waals surface area contributed by atoms with Crippen molar-refractivity contribution in [3.05, 3.63) is 29.3 Å². The van der Waals surface area contributed by atoms with E-state index in [9.17, 15) is 18.4 Å². The van der Waals surface area contributed by atoms with Gasteiger partial charge in [-0.25, -0.2) is 13.6 Å². The fourth-order valence-electron chi connectivity index (χ4n) is 1.43. The van der Waals surface area contributed by atoms with Crippen LogP contribution < -0.4 is 10.2 Å². The van der Waals surface area contributed by atoms with Gasteiger partial charge in [0.1, 0.15) is 17.3 Å². The van der Waals surface area contributed by atoms with Gasteiger partial charge in [0.15, 0.2) is 0 Å². The van der Waals surface area contributed by atoms with Gasteiger partial charge in [-0.2, -0.15) is 0 Å². The smallest absolute Gasteiger partial charge is 0.335 e. The monoisotopic (exact) mass is 258 g/mol. The van der Waals surface area contributed by atoms with E-state index in [0.29, 0.717) is 12.1 Å². The van der Waals surface area contributed by atoms with Gasteiger partial charge in [0, 0.05) is 14.1 Å². The first-order valence-electron chi connectivity index (χ1n) is 5.01. The number of carboxylic acid groups (broad SMARTS) is 1. The molecule has 1 aromatic rings. The van der Waals surface area contributed by atoms with Crippen LogP contribution in [-0.4, -0.2) is 37.6 Å². The molecule has 0 bridgehead atoms. The van der Waals surface area contributed by atoms with E-state index < -0.39 is 34.8 Å². The quantitative estimate of drug-likeness (QED) is 0.839. The predicted molar refractivity (Wildman–Crippen MR) is 60.7 cm³/mol. The SMILES string of the molecule is CNC(=O)CN(C)c1c(F)cc(C(=O)O)cc1F. The van der Waals surface area contributed by atoms with Crippen LogP contribution in [-0.2, 0) is 4.79 Å². The Balaban J connectivity index is 3.10. The molecule has 1 amide bonds. The van der Waals surface area contributed by atoms with E-state index in [2.05, 4.69) is 5.32 Å². The van der Waals surface area contributed by atoms with Crippen molar-refractivity contribution < 1.29 is 23.5 Å². The second-order valence-corrected chi connectivity index (χ2v) is 3.62. The lowest BCUT2D eigenvalue weighted by Crippen LogP contribution is -2.34. The number of hydrogen-bond donors (Lipinski definition) is 2. The standard InChI is InChI=1S/C11H12F2N2O3/c1-14-9(16)5-15(2)10-7(12)3-6(11(17)18)4-8(10)13/h3-4H,5H2,1-2H3,(H,14,16)(H,17,18). The highest BCUT2D eigenvalue weighted by Gasteiger charge is 2.19. The molecule has 0 radical (unpaired) electrons. The van der Waals surface area contributed by atoms with Crippen molar-refractivity contribution in [3.8, 4) is 0 Å². The maximum atomic E-state index is 13.6. The van der Waals surface area contributed by atoms with Crippen molar-refractivity contribution in [2.24, 2.45) is 0 Å². The van der Waals surface area contributed by atoms with Gasteiger partial charge in [0.05, 0.1) is 12.1 Å². The third-order valence-corrected chi connectivity index (χ3v) is 2.31. The molecule has 0 fully saturated rings. The number of aromatic carboxylic acids is 1. The van der Waals surface area contributed by atoms with Crippen molar-refractivity contribution in [3.63, 3.8) is 0 Å². The number of rotatable bonds is 4. The van der Waals surface area contributed by atoms with Gasteiger partial charge >= 0.3 is 5.97 Å². The highest BCUT2D eigenvalue weighted by atomic mass is 19.1. The number of nitrogens with one attached hydrogen (secondary N) is 1. The molecule has 2 N–H and O–H groups in total. The van der Waals surface area contributed by atoms with Crippen LogP contribution in [0.2, 0.25) is 0 Å². The second kappa shape index (κ2) is 5.44. The zero-order chi connectivity index (χ0) is 13.9. The molecule has 0 aliphatic carbocycles. The molecule has 5 nitrogen and oxygen atoms in total. The number of carbonyl (C=O) groups excluding carboxylic acids is 1. The normalized spacial score (nSPS) is 10.0. The first-order valence-corrected chi connectivity index (χ1v) is 5.01. The van der Waals surface area contributed by atoms with E-state index in [1.165, 1.54) is 14.1 Å². The lowest BCUT2D eigenvalue weighted by atomic mass is 10.1. The molecule has 0 spiro atoms. The Bertz CT molecular complexity index is 468. The first kappa shape index (κ1) is 13.9. The summed E-state index contributed by atoms with van der Waals surface area (Å²) in [5.41, 5.74) is -0.925. The van der Waals surface area contributed by atoms with Crippen molar-refractivity contribution in [1.82, 2.24) is 5.32 Å². The maximum Gasteiger partial charge on any atom is 0.335 e. The zero-order valence-electron chi connectivity index (χ0n) is 9.83. The minimum absolute atomic E-state index is 0.239. The Morgan fingerprint density at radius 3 is 2.22 bits per heavy atom. The number of hydrogen-bond acceptors (Lipinski definition) is 3. The lowest BCUT2D eigenvalue weighted by Gasteiger charge is -2.19. The van der Waals surface area contributed by atoms with E-state index in [4.69, 9.17) is 5.11 Å². The fourth-order valence-corrected chi connectivity index (χ4v) is 1.43. The molecule has 0 heterocycles. The fraction of sp³-hybridized carbons (Fsp3) is 0.273. The van der Waals surface area contributed by atoms with Gasteiger partial charge in [0.2, 0.25) is 5.91 Å². The van der Waals surface area contributed by atoms with Crippen LogP contribution in [0.3, 0.4) is 0 Å². The summed E-state index contributed by atoms with van der Waals surface area (Å²) in [5.74, 6) is -3.90. The summed E-state index contributed by atoms with van der Waals surface area (Å²) in [5, 5.41) is 11.0. The molecule has 0 unspecified atom stereocenters. The molecule has 98 valence electrons. The summed E-state index contributed by atoms with van der Waals surface area (Å²) in [6.45, 7) is -0.239. The number of amides is 1. The Morgan fingerprint density at radius 2 is 1.83 bits per heavy atom. The van der Waals surface area contributed by atoms with E-state index in [-0.39, 0.29) is 6.54 Å². The Hall–Kier alpha value is -2.18. The summed E-state index contributed by atoms with van der Waals surface area (Å²) in [7, 11) is 2.73. The van der Waals surface area contributed by atoms with E-state index in [0.717, 1.165) is 4.90 Å². The molecule has 18 heavy (non-hydrogen) atoms. The molecule has 0 aliphatic heterocycles. The number of carboxylic acids is 1. The molecule has 0 saturated heterocycles. The van der Waals surface area contributed by atoms with Crippen LogP contribution in [0.4, 0.5) is 14.5 Å². The van der Waals surface area contributed by atoms with Crippen LogP contribution in [0.5, 0.6) is 0 Å². The minimum Gasteiger partial charge on any atom is -0.478 e. The zero-order valence-corrected chi connectivity index (χ0v) is 9.83. The highest BCUT2D eigenvalue weighted by Crippen LogP contribution is 2.23. The lowest BCUT2D eigenvalue weighted by molar-refractivity contribution is -0.119. The molecular formula is C11H12F2N2O3. The predicted octanol–water partition coefficient (Wildman–Crippen LogP) is 0.845. The molecule has 0 aromatic heterocycles. The molecule has 0 saturated carbocycles. The molecule has 0 atom stereocenters. The van der Waals surface area contributed by atoms with Crippen LogP contribution in [0.1, 0.15) is 10.4 Å². The van der Waals surface area contributed by atoms with E-state index >= 15 is 0 Å². The summed E-state index contributed by atoms with van der Waals surface area (Å²) in [6.07, 6.45) is 0. The highest BCUT2D eigenvalue weighted by molar-refractivity contribution is 5.88. The third-order valence-electron chi connectivity index (χ3n) is 2.31. The molecular weight excluding hydrogens is 246 g/mol. The van der Waals surface area contributed by atoms with Gasteiger partial charge in [-0.1, -0.05) is 0 Å². The summed E-state index contributed by atoms with van der Waals surface area (Å²) in [6, 6.07) is 1.42. The van der Waals surface area contributed by atoms with Crippen LogP contribution in [0.25, 0.3) is 0 Å². The van der Waals surface area contributed by atoms with Crippen molar-refractivity contribution in [2.45, 2.75) is 0 Å². The number of likely N-dealkylation sites (N-methyl/N-ethyl adjacent to an activating group) is 2. The van der Waals surface area contributed by atoms with Gasteiger partial charge in [-0.15, -0.1) is 0 Å². The number of carbonyl (C=O) groups is 2. The van der Waals surface area contributed by atoms with Crippen molar-refractivity contribution >= 4 is 17.6 Å². The number of anilines is 1. The van der Waals surface area contributed by atoms with Gasteiger partial charge in [0.25, 0.3) is 0 Å². The van der Waals surface area contributed by atoms with Gasteiger partial charge in [-0.3, -0.25) is 4.79 Å². The number of nitrogens with zero attached hydrogens (tertiary/aromatic N) is 1. The first-order chi connectivity index (χ1) is 8.36. The third kappa shape index (κ3) is 2.93. The Kier molecular flexibility index (Phi) is 4.19. The average molecular weight is 258 g/mol. The summed E-state index contributed by atoms with van der Waals surface area (Å²) in [4.78, 5) is 22.8. The molecule has 1 rings (SSSR count). The van der Waals surface area contributed by atoms with Gasteiger partial charge in [-0.05, 0) is 12.1 Å². The van der Waals surface area contributed by atoms with E-state index in [1.54, 1.807) is 0 Å². The number of benzene rings is 1. The minimum atomic E-state index is -1.42. The summed E-state index contributed by atoms with van der Waals surface area (Å²) < 4.78 is 27.2. The van der Waals surface area contributed by atoms with E-state index in [1.807, 2.05) is 0 Å². The maximum absolute atomic E-state index is 13.6. The molecule has 7 heteroatoms. The summed E-state index contributed by atoms with van der Waals surface area (Å²) >= 11 is 0. The van der Waals surface area contributed by atoms with Gasteiger partial charge < -0.3 is 15.3 Å². The Morgan fingerprint density at radius 1 is 1.33 bits per heavy atom. The Labute approximate surface area is 102 Å². The number of halogens is 2. The van der Waals surface area contributed by atoms with Crippen molar-refractivity contribution in [1.29, 1.82) is 0 Å². The van der Waals surface area contributed by atoms with Crippen molar-refractivity contribution in [2.75, 3.05) is 25.5 Å². The van der Waals surface area contributed by atoms with Crippen LogP contribution >= 0.6 is 0 Å². The largest absolute Gasteiger partial charge is 0.478 e. The van der Waals surface area contributed by atoms with Crippen LogP contribution in [0, 0.1) is 11.6 Å².